The standard InChI is InChI=1S/C14H24O.C13H22O/c1-13(2)8-5-6-11-10-14(3,15-4)9-7-12(11)13;1-12(2)7-4-5-10-9-13(3,14)8-6-11(10)12/h6,12H,5,7-10H2,1-4H3;5,11,14H,4,6-9H2,1-3H3. The van der Waals surface area contributed by atoms with E-state index in [1.165, 1.54) is 50.5 Å². The van der Waals surface area contributed by atoms with Gasteiger partial charge in [-0.15, -0.1) is 0 Å². The second kappa shape index (κ2) is 8.15. The lowest BCUT2D eigenvalue weighted by Gasteiger charge is -2.47. The average molecular weight is 403 g/mol. The summed E-state index contributed by atoms with van der Waals surface area (Å²) in [5.41, 5.74) is 3.84. The zero-order valence-corrected chi connectivity index (χ0v) is 20.2. The second-order valence-corrected chi connectivity index (χ2v) is 12.3. The molecule has 0 radical (unpaired) electrons. The molecule has 0 aromatic carbocycles. The number of aliphatic hydroxyl groups is 1. The molecule has 4 unspecified atom stereocenters. The first-order valence-electron chi connectivity index (χ1n) is 12.0. The van der Waals surface area contributed by atoms with Crippen LogP contribution in [0.15, 0.2) is 23.3 Å². The molecule has 0 bridgehead atoms. The molecule has 29 heavy (non-hydrogen) atoms. The maximum absolute atomic E-state index is 10.0. The predicted octanol–water partition coefficient (Wildman–Crippen LogP) is 7.22. The lowest BCUT2D eigenvalue weighted by molar-refractivity contribution is -0.0290. The maximum Gasteiger partial charge on any atom is 0.0688 e. The molecule has 0 aromatic heterocycles. The average Bonchev–Trinajstić information content (AvgIpc) is 2.60. The number of rotatable bonds is 1. The van der Waals surface area contributed by atoms with E-state index in [2.05, 4.69) is 46.8 Å². The van der Waals surface area contributed by atoms with Crippen LogP contribution >= 0.6 is 0 Å². The van der Waals surface area contributed by atoms with E-state index in [1.54, 1.807) is 5.57 Å². The summed E-state index contributed by atoms with van der Waals surface area (Å²) >= 11 is 0. The molecule has 2 saturated carbocycles. The Labute approximate surface area is 180 Å². The van der Waals surface area contributed by atoms with Gasteiger partial charge >= 0.3 is 0 Å². The zero-order valence-electron chi connectivity index (χ0n) is 20.2. The number of ether oxygens (including phenoxy) is 1. The number of methoxy groups -OCH3 is 1. The van der Waals surface area contributed by atoms with Gasteiger partial charge < -0.3 is 9.84 Å². The maximum atomic E-state index is 10.0. The molecule has 2 nitrogen and oxygen atoms in total. The van der Waals surface area contributed by atoms with Crippen LogP contribution in [0.4, 0.5) is 0 Å². The number of hydrogen-bond acceptors (Lipinski definition) is 2. The van der Waals surface area contributed by atoms with Crippen LogP contribution in [0.5, 0.6) is 0 Å². The first kappa shape index (κ1) is 23.1. The van der Waals surface area contributed by atoms with Gasteiger partial charge in [-0.1, -0.05) is 51.0 Å². The molecule has 4 atom stereocenters. The van der Waals surface area contributed by atoms with Crippen LogP contribution in [0.3, 0.4) is 0 Å². The summed E-state index contributed by atoms with van der Waals surface area (Å²) in [5.74, 6) is 1.55. The quantitative estimate of drug-likeness (QED) is 0.469. The summed E-state index contributed by atoms with van der Waals surface area (Å²) in [7, 11) is 1.86. The first-order valence-corrected chi connectivity index (χ1v) is 12.0. The van der Waals surface area contributed by atoms with E-state index in [1.807, 2.05) is 14.0 Å². The number of hydrogen-bond donors (Lipinski definition) is 1. The summed E-state index contributed by atoms with van der Waals surface area (Å²) in [6.07, 6.45) is 16.7. The van der Waals surface area contributed by atoms with Gasteiger partial charge in [0.2, 0.25) is 0 Å². The summed E-state index contributed by atoms with van der Waals surface area (Å²) in [6, 6.07) is 0. The molecule has 0 saturated heterocycles. The monoisotopic (exact) mass is 402 g/mol. The summed E-state index contributed by atoms with van der Waals surface area (Å²) in [4.78, 5) is 0. The van der Waals surface area contributed by atoms with Crippen LogP contribution in [0.2, 0.25) is 0 Å². The van der Waals surface area contributed by atoms with Crippen LogP contribution in [0.1, 0.15) is 106 Å². The summed E-state index contributed by atoms with van der Waals surface area (Å²) in [6.45, 7) is 13.9. The second-order valence-electron chi connectivity index (χ2n) is 12.3. The van der Waals surface area contributed by atoms with Gasteiger partial charge in [-0.25, -0.2) is 0 Å². The van der Waals surface area contributed by atoms with Gasteiger partial charge in [-0.05, 0) is 101 Å². The van der Waals surface area contributed by atoms with Gasteiger partial charge in [0.15, 0.2) is 0 Å². The predicted molar refractivity (Wildman–Crippen MR) is 123 cm³/mol. The number of allylic oxidation sites excluding steroid dienone is 2. The Morgan fingerprint density at radius 3 is 1.76 bits per heavy atom. The minimum absolute atomic E-state index is 0.107. The van der Waals surface area contributed by atoms with E-state index in [4.69, 9.17) is 4.74 Å². The Bertz CT molecular complexity index is 651. The Balaban J connectivity index is 0.000000166. The van der Waals surface area contributed by atoms with E-state index in [0.29, 0.717) is 10.8 Å². The molecule has 0 aliphatic heterocycles. The lowest BCUT2D eigenvalue weighted by atomic mass is 9.61. The minimum Gasteiger partial charge on any atom is -0.390 e. The molecule has 166 valence electrons. The van der Waals surface area contributed by atoms with Crippen molar-refractivity contribution in [1.82, 2.24) is 0 Å². The van der Waals surface area contributed by atoms with E-state index in [9.17, 15) is 5.11 Å². The fourth-order valence-electron chi connectivity index (χ4n) is 6.57. The smallest absolute Gasteiger partial charge is 0.0688 e. The van der Waals surface area contributed by atoms with E-state index < -0.39 is 5.60 Å². The molecule has 0 amide bonds. The van der Waals surface area contributed by atoms with Crippen molar-refractivity contribution in [2.24, 2.45) is 22.7 Å². The third-order valence-electron chi connectivity index (χ3n) is 8.76. The highest BCUT2D eigenvalue weighted by Crippen LogP contribution is 2.51. The molecule has 0 aromatic rings. The molecular weight excluding hydrogens is 356 g/mol. The van der Waals surface area contributed by atoms with Crippen molar-refractivity contribution in [3.63, 3.8) is 0 Å². The fourth-order valence-corrected chi connectivity index (χ4v) is 6.57. The molecule has 2 fully saturated rings. The highest BCUT2D eigenvalue weighted by atomic mass is 16.5. The number of fused-ring (bicyclic) bond motifs is 2. The van der Waals surface area contributed by atoms with E-state index in [0.717, 1.165) is 31.1 Å². The van der Waals surface area contributed by atoms with Crippen LogP contribution in [-0.4, -0.2) is 23.4 Å². The normalized spacial score (nSPS) is 40.4. The summed E-state index contributed by atoms with van der Waals surface area (Å²) < 4.78 is 5.65. The van der Waals surface area contributed by atoms with Gasteiger partial charge in [0.1, 0.15) is 0 Å². The Morgan fingerprint density at radius 1 is 0.759 bits per heavy atom. The van der Waals surface area contributed by atoms with Crippen LogP contribution in [0.25, 0.3) is 0 Å². The highest BCUT2D eigenvalue weighted by molar-refractivity contribution is 5.20. The molecular formula is C27H46O2. The van der Waals surface area contributed by atoms with E-state index >= 15 is 0 Å². The van der Waals surface area contributed by atoms with Gasteiger partial charge in [0, 0.05) is 7.11 Å². The van der Waals surface area contributed by atoms with Gasteiger partial charge in [0.25, 0.3) is 0 Å². The Hall–Kier alpha value is -0.600. The van der Waals surface area contributed by atoms with Crippen molar-refractivity contribution in [3.05, 3.63) is 23.3 Å². The lowest BCUT2D eigenvalue weighted by Crippen LogP contribution is -2.40. The van der Waals surface area contributed by atoms with Crippen molar-refractivity contribution in [1.29, 1.82) is 0 Å². The molecule has 0 heterocycles. The Morgan fingerprint density at radius 2 is 1.24 bits per heavy atom. The van der Waals surface area contributed by atoms with E-state index in [-0.39, 0.29) is 5.60 Å². The zero-order chi connectivity index (χ0) is 21.5. The molecule has 0 spiro atoms. The largest absolute Gasteiger partial charge is 0.390 e. The van der Waals surface area contributed by atoms with Crippen molar-refractivity contribution in [2.75, 3.05) is 7.11 Å². The van der Waals surface area contributed by atoms with Crippen LogP contribution < -0.4 is 0 Å². The molecule has 4 rings (SSSR count). The third-order valence-corrected chi connectivity index (χ3v) is 8.76. The SMILES string of the molecule is CC1(O)CCC2C(=CCCC2(C)C)C1.COC1(C)CCC2C(=CCCC2(C)C)C1. The fraction of sp³-hybridized carbons (Fsp3) is 0.852. The molecule has 4 aliphatic rings. The van der Waals surface area contributed by atoms with Crippen molar-refractivity contribution < 1.29 is 9.84 Å². The molecule has 4 aliphatic carbocycles. The molecule has 2 heteroatoms. The highest BCUT2D eigenvalue weighted by Gasteiger charge is 2.42. The summed E-state index contributed by atoms with van der Waals surface area (Å²) in [5, 5.41) is 10.0. The first-order chi connectivity index (χ1) is 13.4. The topological polar surface area (TPSA) is 29.5 Å². The van der Waals surface area contributed by atoms with Gasteiger partial charge in [-0.3, -0.25) is 0 Å². The van der Waals surface area contributed by atoms with Gasteiger partial charge in [-0.2, -0.15) is 0 Å². The van der Waals surface area contributed by atoms with Crippen molar-refractivity contribution >= 4 is 0 Å². The van der Waals surface area contributed by atoms with Crippen molar-refractivity contribution in [3.8, 4) is 0 Å². The van der Waals surface area contributed by atoms with Gasteiger partial charge in [0.05, 0.1) is 11.2 Å². The third kappa shape index (κ3) is 5.18. The molecule has 1 N–H and O–H groups in total. The minimum atomic E-state index is -0.435. The Kier molecular flexibility index (Phi) is 6.49. The van der Waals surface area contributed by atoms with Crippen LogP contribution in [-0.2, 0) is 4.74 Å². The van der Waals surface area contributed by atoms with Crippen molar-refractivity contribution in [2.45, 2.75) is 117 Å². The van der Waals surface area contributed by atoms with Crippen LogP contribution in [0, 0.1) is 22.7 Å².